The molecule has 2 amide bonds. The van der Waals surface area contributed by atoms with Gasteiger partial charge < -0.3 is 9.80 Å². The van der Waals surface area contributed by atoms with Crippen LogP contribution in [0, 0.1) is 11.7 Å². The summed E-state index contributed by atoms with van der Waals surface area (Å²) < 4.78 is 47.7. The summed E-state index contributed by atoms with van der Waals surface area (Å²) in [7, 11) is -3.98. The number of halogens is 2. The molecule has 0 spiro atoms. The van der Waals surface area contributed by atoms with Crippen molar-refractivity contribution in [2.45, 2.75) is 44.4 Å². The van der Waals surface area contributed by atoms with E-state index < -0.39 is 16.0 Å². The van der Waals surface area contributed by atoms with Crippen LogP contribution in [0.3, 0.4) is 0 Å². The van der Waals surface area contributed by atoms with Gasteiger partial charge in [0.25, 0.3) is 5.95 Å². The second kappa shape index (κ2) is 17.5. The number of amides is 2. The number of carbonyl (C=O) groups excluding carboxylic acids is 2. The zero-order chi connectivity index (χ0) is 42.1. The molecular weight excluding hydrogens is 821 g/mol. The van der Waals surface area contributed by atoms with E-state index in [4.69, 9.17) is 16.7 Å². The minimum Gasteiger partial charge on any atom is -0.372 e. The molecule has 61 heavy (non-hydrogen) atoms. The summed E-state index contributed by atoms with van der Waals surface area (Å²) in [6.45, 7) is 7.34. The molecule has 9 rings (SSSR count). The number of pyridine rings is 1. The summed E-state index contributed by atoms with van der Waals surface area (Å²) in [6, 6.07) is 14.5. The molecule has 0 bridgehead atoms. The molecule has 4 saturated heterocycles. The van der Waals surface area contributed by atoms with Crippen molar-refractivity contribution >= 4 is 50.7 Å². The van der Waals surface area contributed by atoms with E-state index in [1.54, 1.807) is 43.1 Å². The minimum absolute atomic E-state index is 0.0723. The first-order valence-corrected chi connectivity index (χ1v) is 22.7. The van der Waals surface area contributed by atoms with Gasteiger partial charge in [0.15, 0.2) is 5.82 Å². The van der Waals surface area contributed by atoms with Crippen LogP contribution in [0.2, 0.25) is 5.02 Å². The first kappa shape index (κ1) is 40.9. The fourth-order valence-corrected chi connectivity index (χ4v) is 10.4. The van der Waals surface area contributed by atoms with Crippen molar-refractivity contribution in [1.29, 1.82) is 0 Å². The average Bonchev–Trinajstić information content (AvgIpc) is 3.99. The lowest BCUT2D eigenvalue weighted by molar-refractivity contribution is -0.134. The number of aromatic nitrogens is 5. The van der Waals surface area contributed by atoms with Crippen molar-refractivity contribution in [3.05, 3.63) is 95.9 Å². The normalized spacial score (nSPS) is 19.7. The maximum absolute atomic E-state index is 16.3. The molecule has 0 aliphatic carbocycles. The summed E-state index contributed by atoms with van der Waals surface area (Å²) in [5.41, 5.74) is 4.32. The van der Waals surface area contributed by atoms with E-state index in [1.807, 2.05) is 12.1 Å². The highest BCUT2D eigenvalue weighted by Gasteiger charge is 2.30. The number of imide groups is 1. The van der Waals surface area contributed by atoms with E-state index in [0.717, 1.165) is 82.7 Å². The third-order valence-corrected chi connectivity index (χ3v) is 14.0. The van der Waals surface area contributed by atoms with Gasteiger partial charge in [-0.3, -0.25) is 29.5 Å². The number of hydrogen-bond donors (Lipinski definition) is 2. The molecule has 5 aromatic rings. The first-order valence-electron chi connectivity index (χ1n) is 20.8. The van der Waals surface area contributed by atoms with Gasteiger partial charge in [0.05, 0.1) is 29.7 Å². The summed E-state index contributed by atoms with van der Waals surface area (Å²) in [6.07, 6.45) is 13.1. The monoisotopic (exact) mass is 867 g/mol. The number of hydrogen-bond acceptors (Lipinski definition) is 11. The summed E-state index contributed by atoms with van der Waals surface area (Å²) >= 11 is 6.49. The van der Waals surface area contributed by atoms with Crippen LogP contribution < -0.4 is 19.8 Å². The Kier molecular flexibility index (Phi) is 11.7. The molecule has 0 unspecified atom stereocenters. The zero-order valence-electron chi connectivity index (χ0n) is 33.6. The number of rotatable bonds is 11. The standard InChI is InChI=1S/C43H47ClFN11O4S/c44-32-23-36(40(45)38(24-32)51-61(59,60)55-15-1-2-16-55)37-28-56(50-41(37)31-9-13-46-14-10-31)43-47-25-34(26-48-43)54-21-19-52(20-22-54)27-29-11-17-53(18-12-29)33-5-3-30(4-6-33)35-7-8-39(57)49-42(35)58/h3-6,9-10,13-14,23-26,28-29,35,51H,1-2,7-8,11-12,15-22,27H2,(H,49,57,58)/t35-/m1/s1. The molecule has 0 radical (unpaired) electrons. The van der Waals surface area contributed by atoms with Crippen LogP contribution in [0.5, 0.6) is 0 Å². The number of anilines is 3. The largest absolute Gasteiger partial charge is 0.372 e. The van der Waals surface area contributed by atoms with Gasteiger partial charge in [0.1, 0.15) is 5.69 Å². The van der Waals surface area contributed by atoms with E-state index in [-0.39, 0.29) is 40.0 Å². The predicted octanol–water partition coefficient (Wildman–Crippen LogP) is 5.50. The van der Waals surface area contributed by atoms with Gasteiger partial charge in [-0.2, -0.15) is 17.8 Å². The highest BCUT2D eigenvalue weighted by atomic mass is 35.5. The van der Waals surface area contributed by atoms with Gasteiger partial charge in [-0.25, -0.2) is 19.0 Å². The van der Waals surface area contributed by atoms with Gasteiger partial charge >= 0.3 is 10.2 Å². The van der Waals surface area contributed by atoms with E-state index in [0.29, 0.717) is 48.7 Å². The fourth-order valence-electron chi connectivity index (χ4n) is 8.84. The highest BCUT2D eigenvalue weighted by molar-refractivity contribution is 7.90. The van der Waals surface area contributed by atoms with Crippen molar-refractivity contribution in [2.75, 3.05) is 73.4 Å². The van der Waals surface area contributed by atoms with Crippen LogP contribution in [0.15, 0.2) is 79.5 Å². The number of piperazine rings is 1. The third-order valence-electron chi connectivity index (χ3n) is 12.2. The summed E-state index contributed by atoms with van der Waals surface area (Å²) in [4.78, 5) is 44.6. The Labute approximate surface area is 359 Å². The Morgan fingerprint density at radius 2 is 1.51 bits per heavy atom. The smallest absolute Gasteiger partial charge is 0.301 e. The first-order chi connectivity index (χ1) is 29.6. The van der Waals surface area contributed by atoms with Crippen LogP contribution >= 0.6 is 11.6 Å². The quantitative estimate of drug-likeness (QED) is 0.162. The van der Waals surface area contributed by atoms with E-state index in [2.05, 4.69) is 51.8 Å². The molecule has 2 aromatic carbocycles. The van der Waals surface area contributed by atoms with Crippen LogP contribution in [0.25, 0.3) is 28.3 Å². The van der Waals surface area contributed by atoms with Crippen molar-refractivity contribution < 1.29 is 22.4 Å². The van der Waals surface area contributed by atoms with Gasteiger partial charge in [-0.1, -0.05) is 23.7 Å². The second-order valence-electron chi connectivity index (χ2n) is 16.2. The van der Waals surface area contributed by atoms with Crippen molar-refractivity contribution in [2.24, 2.45) is 5.92 Å². The van der Waals surface area contributed by atoms with Crippen molar-refractivity contribution in [3.8, 4) is 28.3 Å². The molecule has 4 fully saturated rings. The average molecular weight is 868 g/mol. The minimum atomic E-state index is -3.98. The van der Waals surface area contributed by atoms with E-state index in [1.165, 1.54) is 26.8 Å². The SMILES string of the molecule is O=C1CC[C@H](c2ccc(N3CCC(CN4CCN(c5cnc(-n6cc(-c7cc(Cl)cc(NS(=O)(=O)N8CCCC8)c7F)c(-c7ccncc7)n6)nc5)CC4)CC3)cc2)C(=O)N1. The van der Waals surface area contributed by atoms with E-state index in [9.17, 15) is 18.0 Å². The lowest BCUT2D eigenvalue weighted by Gasteiger charge is -2.40. The van der Waals surface area contributed by atoms with Gasteiger partial charge in [0, 0.05) is 111 Å². The topological polar surface area (TPSA) is 162 Å². The van der Waals surface area contributed by atoms with Crippen molar-refractivity contribution in [1.82, 2.24) is 39.3 Å². The Balaban J connectivity index is 0.824. The molecule has 15 nitrogen and oxygen atoms in total. The van der Waals surface area contributed by atoms with Crippen LogP contribution in [0.1, 0.15) is 50.0 Å². The number of carbonyl (C=O) groups is 2. The van der Waals surface area contributed by atoms with Crippen LogP contribution in [-0.4, -0.2) is 113 Å². The molecule has 3 aromatic heterocycles. The van der Waals surface area contributed by atoms with Crippen LogP contribution in [0.4, 0.5) is 21.5 Å². The molecular formula is C43H47ClFN11O4S. The number of nitrogens with zero attached hydrogens (tertiary/aromatic N) is 9. The molecule has 4 aliphatic heterocycles. The lowest BCUT2D eigenvalue weighted by atomic mass is 9.90. The predicted molar refractivity (Wildman–Crippen MR) is 231 cm³/mol. The Morgan fingerprint density at radius 3 is 2.20 bits per heavy atom. The molecule has 0 saturated carbocycles. The summed E-state index contributed by atoms with van der Waals surface area (Å²) in [5, 5.41) is 7.39. The van der Waals surface area contributed by atoms with Gasteiger partial charge in [-0.15, -0.1) is 0 Å². The van der Waals surface area contributed by atoms with E-state index >= 15 is 4.39 Å². The maximum atomic E-state index is 16.3. The van der Waals surface area contributed by atoms with Crippen LogP contribution in [-0.2, 0) is 19.8 Å². The Bertz CT molecular complexity index is 2490. The number of piperidine rings is 2. The molecule has 318 valence electrons. The lowest BCUT2D eigenvalue weighted by Crippen LogP contribution is -2.49. The molecule has 1 atom stereocenters. The zero-order valence-corrected chi connectivity index (χ0v) is 35.2. The molecule has 4 aliphatic rings. The van der Waals surface area contributed by atoms with Gasteiger partial charge in [-0.05, 0) is 80.0 Å². The fraction of sp³-hybridized carbons (Fsp3) is 0.395. The maximum Gasteiger partial charge on any atom is 0.301 e. The van der Waals surface area contributed by atoms with Gasteiger partial charge in [0.2, 0.25) is 11.8 Å². The molecule has 2 N–H and O–H groups in total. The third kappa shape index (κ3) is 8.96. The Hall–Kier alpha value is -5.49. The second-order valence-corrected chi connectivity index (χ2v) is 18.3. The molecule has 18 heteroatoms. The Morgan fingerprint density at radius 1 is 0.820 bits per heavy atom. The number of nitrogens with one attached hydrogen (secondary N) is 2. The number of benzene rings is 2. The highest BCUT2D eigenvalue weighted by Crippen LogP contribution is 2.38. The molecule has 7 heterocycles. The summed E-state index contributed by atoms with van der Waals surface area (Å²) in [5.74, 6) is -0.535. The van der Waals surface area contributed by atoms with Crippen molar-refractivity contribution in [3.63, 3.8) is 0 Å².